The molecule has 3 rings (SSSR count). The quantitative estimate of drug-likeness (QED) is 0.268. The summed E-state index contributed by atoms with van der Waals surface area (Å²) in [6.45, 7) is 8.16. The standard InChI is InChI=1S/C24H34N4O3.HI/c1-5-25-24(27-19-11-12-22(31-6-2)23(15-19)30-4)26-16-18-13-14-28(17-18)20-9-7-8-10-21(20)29-3;/h7-12,15,18H,5-6,13-14,16-17H2,1-4H3,(H2,25,26,27);1H. The number of anilines is 2. The van der Waals surface area contributed by atoms with Gasteiger partial charge in [-0.2, -0.15) is 0 Å². The van der Waals surface area contributed by atoms with E-state index in [0.29, 0.717) is 18.3 Å². The van der Waals surface area contributed by atoms with Crippen LogP contribution in [0.2, 0.25) is 0 Å². The number of benzene rings is 2. The smallest absolute Gasteiger partial charge is 0.195 e. The van der Waals surface area contributed by atoms with Crippen LogP contribution in [0, 0.1) is 5.92 Å². The Morgan fingerprint density at radius 3 is 2.56 bits per heavy atom. The molecule has 2 aromatic carbocycles. The number of methoxy groups -OCH3 is 2. The number of ether oxygens (including phenoxy) is 3. The highest BCUT2D eigenvalue weighted by atomic mass is 127. The van der Waals surface area contributed by atoms with Gasteiger partial charge in [0.25, 0.3) is 0 Å². The molecule has 176 valence electrons. The number of halogens is 1. The monoisotopic (exact) mass is 554 g/mol. The third kappa shape index (κ3) is 6.82. The molecule has 1 atom stereocenters. The maximum Gasteiger partial charge on any atom is 0.195 e. The average molecular weight is 554 g/mol. The number of nitrogens with zero attached hydrogens (tertiary/aromatic N) is 2. The van der Waals surface area contributed by atoms with Crippen LogP contribution < -0.4 is 29.7 Å². The van der Waals surface area contributed by atoms with E-state index in [2.05, 4.69) is 34.6 Å². The summed E-state index contributed by atoms with van der Waals surface area (Å²) in [7, 11) is 3.37. The average Bonchev–Trinajstić information content (AvgIpc) is 3.27. The second-order valence-corrected chi connectivity index (χ2v) is 7.42. The minimum Gasteiger partial charge on any atom is -0.495 e. The fourth-order valence-corrected chi connectivity index (χ4v) is 3.78. The molecule has 8 heteroatoms. The Hall–Kier alpha value is -2.36. The zero-order chi connectivity index (χ0) is 22.1. The summed E-state index contributed by atoms with van der Waals surface area (Å²) in [6.07, 6.45) is 1.11. The summed E-state index contributed by atoms with van der Waals surface area (Å²) in [5.41, 5.74) is 2.06. The van der Waals surface area contributed by atoms with Gasteiger partial charge in [0.2, 0.25) is 0 Å². The predicted molar refractivity (Wildman–Crippen MR) is 142 cm³/mol. The van der Waals surface area contributed by atoms with E-state index in [-0.39, 0.29) is 24.0 Å². The molecule has 0 aromatic heterocycles. The molecule has 1 unspecified atom stereocenters. The molecule has 1 aliphatic heterocycles. The SMILES string of the molecule is CCNC(=NCC1CCN(c2ccccc2OC)C1)Nc1ccc(OCC)c(OC)c1.I. The van der Waals surface area contributed by atoms with Crippen LogP contribution >= 0.6 is 24.0 Å². The summed E-state index contributed by atoms with van der Waals surface area (Å²) in [6, 6.07) is 14.0. The van der Waals surface area contributed by atoms with Crippen LogP contribution in [-0.2, 0) is 0 Å². The number of hydrogen-bond donors (Lipinski definition) is 2. The highest BCUT2D eigenvalue weighted by Gasteiger charge is 2.24. The van der Waals surface area contributed by atoms with Crippen LogP contribution in [0.3, 0.4) is 0 Å². The summed E-state index contributed by atoms with van der Waals surface area (Å²) in [5, 5.41) is 6.71. The molecule has 2 aromatic rings. The Morgan fingerprint density at radius 2 is 1.84 bits per heavy atom. The van der Waals surface area contributed by atoms with Gasteiger partial charge in [-0.05, 0) is 50.5 Å². The number of aliphatic imine (C=N–C) groups is 1. The van der Waals surface area contributed by atoms with Gasteiger partial charge >= 0.3 is 0 Å². The zero-order valence-electron chi connectivity index (χ0n) is 19.4. The van der Waals surface area contributed by atoms with Crippen LogP contribution in [0.5, 0.6) is 17.2 Å². The first-order valence-electron chi connectivity index (χ1n) is 10.9. The molecule has 2 N–H and O–H groups in total. The van der Waals surface area contributed by atoms with Crippen LogP contribution in [-0.4, -0.2) is 53.0 Å². The lowest BCUT2D eigenvalue weighted by molar-refractivity contribution is 0.311. The van der Waals surface area contributed by atoms with Gasteiger partial charge < -0.3 is 29.7 Å². The normalized spacial score (nSPS) is 15.7. The lowest BCUT2D eigenvalue weighted by Crippen LogP contribution is -2.31. The van der Waals surface area contributed by atoms with Crippen LogP contribution in [0.1, 0.15) is 20.3 Å². The van der Waals surface area contributed by atoms with E-state index < -0.39 is 0 Å². The van der Waals surface area contributed by atoms with Gasteiger partial charge in [0, 0.05) is 37.9 Å². The van der Waals surface area contributed by atoms with Gasteiger partial charge in [0.15, 0.2) is 17.5 Å². The van der Waals surface area contributed by atoms with Crippen LogP contribution in [0.25, 0.3) is 0 Å². The van der Waals surface area contributed by atoms with Crippen LogP contribution in [0.4, 0.5) is 11.4 Å². The fraction of sp³-hybridized carbons (Fsp3) is 0.458. The molecule has 0 spiro atoms. The van der Waals surface area contributed by atoms with E-state index >= 15 is 0 Å². The van der Waals surface area contributed by atoms with Crippen molar-refractivity contribution in [2.24, 2.45) is 10.9 Å². The molecular formula is C24H35IN4O3. The highest BCUT2D eigenvalue weighted by molar-refractivity contribution is 14.0. The summed E-state index contributed by atoms with van der Waals surface area (Å²) in [4.78, 5) is 7.23. The molecule has 1 fully saturated rings. The van der Waals surface area contributed by atoms with E-state index in [1.165, 1.54) is 0 Å². The van der Waals surface area contributed by atoms with Crippen molar-refractivity contribution in [1.82, 2.24) is 5.32 Å². The first-order valence-corrected chi connectivity index (χ1v) is 10.9. The fourth-order valence-electron chi connectivity index (χ4n) is 3.78. The lowest BCUT2D eigenvalue weighted by atomic mass is 10.1. The Kier molecular flexibility index (Phi) is 10.7. The minimum absolute atomic E-state index is 0. The van der Waals surface area contributed by atoms with Crippen molar-refractivity contribution in [3.8, 4) is 17.2 Å². The number of rotatable bonds is 9. The van der Waals surface area contributed by atoms with Gasteiger partial charge in [-0.3, -0.25) is 4.99 Å². The second-order valence-electron chi connectivity index (χ2n) is 7.42. The third-order valence-corrected chi connectivity index (χ3v) is 5.29. The van der Waals surface area contributed by atoms with Gasteiger partial charge in [-0.1, -0.05) is 12.1 Å². The first-order chi connectivity index (χ1) is 15.2. The zero-order valence-corrected chi connectivity index (χ0v) is 21.7. The Balaban J connectivity index is 0.00000363. The predicted octanol–water partition coefficient (Wildman–Crippen LogP) is 4.62. The number of para-hydroxylation sites is 2. The van der Waals surface area contributed by atoms with Crippen molar-refractivity contribution in [3.63, 3.8) is 0 Å². The molecule has 1 heterocycles. The van der Waals surface area contributed by atoms with Crippen molar-refractivity contribution in [3.05, 3.63) is 42.5 Å². The van der Waals surface area contributed by atoms with E-state index in [0.717, 1.165) is 61.4 Å². The van der Waals surface area contributed by atoms with Crippen molar-refractivity contribution >= 4 is 41.3 Å². The van der Waals surface area contributed by atoms with Gasteiger partial charge in [-0.25, -0.2) is 0 Å². The molecule has 0 radical (unpaired) electrons. The maximum atomic E-state index is 5.60. The lowest BCUT2D eigenvalue weighted by Gasteiger charge is -2.21. The molecule has 32 heavy (non-hydrogen) atoms. The van der Waals surface area contributed by atoms with E-state index in [1.807, 2.05) is 37.3 Å². The van der Waals surface area contributed by atoms with E-state index in [9.17, 15) is 0 Å². The van der Waals surface area contributed by atoms with Crippen molar-refractivity contribution in [1.29, 1.82) is 0 Å². The Morgan fingerprint density at radius 1 is 1.06 bits per heavy atom. The van der Waals surface area contributed by atoms with Gasteiger partial charge in [0.05, 0.1) is 26.5 Å². The topological polar surface area (TPSA) is 67.4 Å². The Bertz CT molecular complexity index is 878. The molecule has 1 aliphatic rings. The maximum absolute atomic E-state index is 5.60. The largest absolute Gasteiger partial charge is 0.495 e. The summed E-state index contributed by atoms with van der Waals surface area (Å²) in [5.74, 6) is 3.62. The van der Waals surface area contributed by atoms with Crippen molar-refractivity contribution in [2.45, 2.75) is 20.3 Å². The molecule has 0 amide bonds. The number of guanidine groups is 1. The van der Waals surface area contributed by atoms with E-state index in [4.69, 9.17) is 19.2 Å². The molecule has 1 saturated heterocycles. The highest BCUT2D eigenvalue weighted by Crippen LogP contribution is 2.32. The molecule has 0 aliphatic carbocycles. The van der Waals surface area contributed by atoms with Gasteiger partial charge in [0.1, 0.15) is 5.75 Å². The first kappa shape index (κ1) is 25.9. The minimum atomic E-state index is 0. The second kappa shape index (κ2) is 13.2. The number of hydrogen-bond acceptors (Lipinski definition) is 5. The molecule has 0 bridgehead atoms. The molecular weight excluding hydrogens is 519 g/mol. The van der Waals surface area contributed by atoms with Gasteiger partial charge in [-0.15, -0.1) is 24.0 Å². The Labute approximate surface area is 208 Å². The van der Waals surface area contributed by atoms with Crippen molar-refractivity contribution in [2.75, 3.05) is 57.2 Å². The molecule has 0 saturated carbocycles. The summed E-state index contributed by atoms with van der Waals surface area (Å²) < 4.78 is 16.6. The van der Waals surface area contributed by atoms with Crippen LogP contribution in [0.15, 0.2) is 47.5 Å². The third-order valence-electron chi connectivity index (χ3n) is 5.29. The van der Waals surface area contributed by atoms with Crippen molar-refractivity contribution < 1.29 is 14.2 Å². The molecule has 7 nitrogen and oxygen atoms in total. The summed E-state index contributed by atoms with van der Waals surface area (Å²) >= 11 is 0. The number of nitrogens with one attached hydrogen (secondary N) is 2. The van der Waals surface area contributed by atoms with E-state index in [1.54, 1.807) is 14.2 Å².